The molecule has 0 aliphatic rings. The third-order valence-electron chi connectivity index (χ3n) is 11.2. The number of carbonyl (C=O) groups excluding carboxylic acids is 3. The van der Waals surface area contributed by atoms with Crippen LogP contribution < -0.4 is 0 Å². The van der Waals surface area contributed by atoms with Gasteiger partial charge in [-0.15, -0.1) is 0 Å². The fraction of sp³-hybridized carbons (Fsp3) is 0.650. The molecular weight excluding hydrogens is 928 g/mol. The van der Waals surface area contributed by atoms with Crippen LogP contribution in [0.2, 0.25) is 0 Å². The van der Waals surface area contributed by atoms with Crippen molar-refractivity contribution in [3.05, 3.63) is 109 Å². The van der Waals surface area contributed by atoms with Crippen molar-refractivity contribution >= 4 is 25.7 Å². The van der Waals surface area contributed by atoms with E-state index in [1.165, 1.54) is 32.1 Å². The van der Waals surface area contributed by atoms with Crippen molar-refractivity contribution in [1.82, 2.24) is 0 Å². The Morgan fingerprint density at radius 2 is 0.722 bits per heavy atom. The highest BCUT2D eigenvalue weighted by Crippen LogP contribution is 2.43. The van der Waals surface area contributed by atoms with Gasteiger partial charge in [0.2, 0.25) is 0 Å². The van der Waals surface area contributed by atoms with Gasteiger partial charge in [-0.25, -0.2) is 4.57 Å². The largest absolute Gasteiger partial charge is 0.472 e. The molecule has 0 aliphatic heterocycles. The van der Waals surface area contributed by atoms with Gasteiger partial charge in [0.05, 0.1) is 19.8 Å². The standard InChI is InChI=1S/C60H99O11P/c1-4-7-10-13-16-19-21-23-25-27-28-30-32-34-36-39-42-45-48-51-60(64)71-57(53-67-58(62)49-46-43-40-38-35-33-31-29-26-24-22-20-17-14-11-8-5-2)55-69-72(65,66)68-54-56(52-61)70-59(63)50-47-44-41-37-18-15-12-9-6-3/h7-8,10-11,16-17,19-20,23-26,28,30-31,33-34,36,56-57,61H,4-6,9,12-15,18,21-22,27,29,32,35,37-55H2,1-3H3,(H,65,66)/b10-7-,11-8-,19-16-,20-17-,25-23-,26-24-,30-28-,33-31-,36-34-. The highest BCUT2D eigenvalue weighted by molar-refractivity contribution is 7.47. The minimum absolute atomic E-state index is 0.118. The van der Waals surface area contributed by atoms with Crippen molar-refractivity contribution in [3.8, 4) is 0 Å². The fourth-order valence-electron chi connectivity index (χ4n) is 7.02. The van der Waals surface area contributed by atoms with Gasteiger partial charge in [0.1, 0.15) is 12.7 Å². The number of carbonyl (C=O) groups is 3. The lowest BCUT2D eigenvalue weighted by Crippen LogP contribution is -2.30. The number of aliphatic hydroxyl groups is 1. The van der Waals surface area contributed by atoms with Gasteiger partial charge in [0.15, 0.2) is 6.10 Å². The minimum atomic E-state index is -4.76. The van der Waals surface area contributed by atoms with Crippen LogP contribution in [-0.2, 0) is 42.2 Å². The van der Waals surface area contributed by atoms with Gasteiger partial charge in [-0.2, -0.15) is 0 Å². The summed E-state index contributed by atoms with van der Waals surface area (Å²) in [7, 11) is -4.76. The van der Waals surface area contributed by atoms with Crippen LogP contribution >= 0.6 is 7.82 Å². The van der Waals surface area contributed by atoms with E-state index in [1.54, 1.807) is 0 Å². The predicted molar refractivity (Wildman–Crippen MR) is 297 cm³/mol. The molecule has 0 saturated carbocycles. The third kappa shape index (κ3) is 51.1. The average molecular weight is 1030 g/mol. The molecule has 0 bridgehead atoms. The molecule has 0 fully saturated rings. The van der Waals surface area contributed by atoms with E-state index in [1.807, 2.05) is 0 Å². The Balaban J connectivity index is 4.85. The monoisotopic (exact) mass is 1030 g/mol. The van der Waals surface area contributed by atoms with Crippen molar-refractivity contribution in [2.24, 2.45) is 0 Å². The minimum Gasteiger partial charge on any atom is -0.462 e. The van der Waals surface area contributed by atoms with Crippen LogP contribution in [0.3, 0.4) is 0 Å². The smallest absolute Gasteiger partial charge is 0.462 e. The Bertz CT molecular complexity index is 1620. The van der Waals surface area contributed by atoms with Gasteiger partial charge in [-0.1, -0.05) is 201 Å². The highest BCUT2D eigenvalue weighted by atomic mass is 31.2. The zero-order chi connectivity index (χ0) is 52.7. The van der Waals surface area contributed by atoms with Crippen molar-refractivity contribution in [2.75, 3.05) is 26.4 Å². The Kier molecular flexibility index (Phi) is 50.6. The predicted octanol–water partition coefficient (Wildman–Crippen LogP) is 16.2. The summed E-state index contributed by atoms with van der Waals surface area (Å²) in [6, 6.07) is 0. The molecule has 2 N–H and O–H groups in total. The molecule has 410 valence electrons. The van der Waals surface area contributed by atoms with E-state index in [2.05, 4.69) is 130 Å². The van der Waals surface area contributed by atoms with E-state index in [0.717, 1.165) is 122 Å². The van der Waals surface area contributed by atoms with Crippen LogP contribution in [0, 0.1) is 0 Å². The molecule has 0 aromatic rings. The molecule has 0 saturated heterocycles. The number of rotatable bonds is 50. The van der Waals surface area contributed by atoms with Crippen molar-refractivity contribution in [2.45, 2.75) is 226 Å². The summed E-state index contributed by atoms with van der Waals surface area (Å²) >= 11 is 0. The Hall–Kier alpha value is -3.86. The molecule has 0 spiro atoms. The summed E-state index contributed by atoms with van der Waals surface area (Å²) in [5.41, 5.74) is 0. The second-order valence-electron chi connectivity index (χ2n) is 18.0. The number of unbranched alkanes of at least 4 members (excludes halogenated alkanes) is 15. The molecule has 0 aromatic carbocycles. The molecule has 11 nitrogen and oxygen atoms in total. The van der Waals surface area contributed by atoms with Crippen LogP contribution in [0.25, 0.3) is 0 Å². The second kappa shape index (κ2) is 53.4. The molecule has 0 aromatic heterocycles. The number of allylic oxidation sites excluding steroid dienone is 18. The number of hydrogen-bond acceptors (Lipinski definition) is 10. The number of aliphatic hydroxyl groups excluding tert-OH is 1. The summed E-state index contributed by atoms with van der Waals surface area (Å²) < 4.78 is 39.4. The molecule has 3 unspecified atom stereocenters. The van der Waals surface area contributed by atoms with Crippen LogP contribution in [0.15, 0.2) is 109 Å². The van der Waals surface area contributed by atoms with E-state index in [-0.39, 0.29) is 25.9 Å². The van der Waals surface area contributed by atoms with E-state index in [9.17, 15) is 28.9 Å². The summed E-state index contributed by atoms with van der Waals surface area (Å²) in [6.45, 7) is 4.31. The first kappa shape index (κ1) is 68.1. The first-order valence-electron chi connectivity index (χ1n) is 27.8. The lowest BCUT2D eigenvalue weighted by atomic mass is 10.1. The maximum Gasteiger partial charge on any atom is 0.472 e. The molecule has 0 amide bonds. The van der Waals surface area contributed by atoms with Crippen LogP contribution in [-0.4, -0.2) is 66.5 Å². The van der Waals surface area contributed by atoms with Crippen molar-refractivity contribution in [3.63, 3.8) is 0 Å². The maximum absolute atomic E-state index is 12.9. The van der Waals surface area contributed by atoms with Crippen molar-refractivity contribution < 1.29 is 52.2 Å². The van der Waals surface area contributed by atoms with Crippen LogP contribution in [0.1, 0.15) is 213 Å². The number of phosphoric acid groups is 1. The zero-order valence-electron chi connectivity index (χ0n) is 45.1. The number of esters is 3. The van der Waals surface area contributed by atoms with Gasteiger partial charge >= 0.3 is 25.7 Å². The summed E-state index contributed by atoms with van der Waals surface area (Å²) in [4.78, 5) is 48.4. The molecule has 72 heavy (non-hydrogen) atoms. The van der Waals surface area contributed by atoms with Gasteiger partial charge in [0.25, 0.3) is 0 Å². The van der Waals surface area contributed by atoms with E-state index in [0.29, 0.717) is 19.3 Å². The lowest BCUT2D eigenvalue weighted by Gasteiger charge is -2.21. The van der Waals surface area contributed by atoms with Gasteiger partial charge < -0.3 is 24.2 Å². The van der Waals surface area contributed by atoms with Gasteiger partial charge in [-0.05, 0) is 103 Å². The van der Waals surface area contributed by atoms with Crippen LogP contribution in [0.5, 0.6) is 0 Å². The Morgan fingerprint density at radius 3 is 1.12 bits per heavy atom. The van der Waals surface area contributed by atoms with Gasteiger partial charge in [-0.3, -0.25) is 23.4 Å². The molecule has 0 radical (unpaired) electrons. The second-order valence-corrected chi connectivity index (χ2v) is 19.4. The van der Waals surface area contributed by atoms with Crippen LogP contribution in [0.4, 0.5) is 0 Å². The quantitative estimate of drug-likeness (QED) is 0.0197. The number of phosphoric ester groups is 1. The topological polar surface area (TPSA) is 155 Å². The SMILES string of the molecule is CC/C=C\C/C=C\C/C=C\C/C=C\C/C=C\CCCCCC(=O)OC(COC(=O)CCCCCC/C=C\C/C=C\C/C=C\C/C=C\CC)COP(=O)(O)OCC(CO)OC(=O)CCCCCCCCCCC. The first-order chi connectivity index (χ1) is 35.2. The molecule has 0 heterocycles. The highest BCUT2D eigenvalue weighted by Gasteiger charge is 2.28. The normalized spacial score (nSPS) is 14.2. The number of hydrogen-bond donors (Lipinski definition) is 2. The molecule has 3 atom stereocenters. The number of ether oxygens (including phenoxy) is 3. The first-order valence-corrected chi connectivity index (χ1v) is 29.3. The fourth-order valence-corrected chi connectivity index (χ4v) is 7.80. The Labute approximate surface area is 437 Å². The van der Waals surface area contributed by atoms with Gasteiger partial charge in [0, 0.05) is 19.3 Å². The summed E-state index contributed by atoms with van der Waals surface area (Å²) in [5.74, 6) is -1.54. The van der Waals surface area contributed by atoms with E-state index < -0.39 is 57.8 Å². The molecule has 0 aliphatic carbocycles. The van der Waals surface area contributed by atoms with E-state index in [4.69, 9.17) is 23.3 Å². The lowest BCUT2D eigenvalue weighted by molar-refractivity contribution is -0.161. The van der Waals surface area contributed by atoms with Crippen molar-refractivity contribution in [1.29, 1.82) is 0 Å². The van der Waals surface area contributed by atoms with E-state index >= 15 is 0 Å². The third-order valence-corrected chi connectivity index (χ3v) is 12.1. The molecule has 12 heteroatoms. The summed E-state index contributed by atoms with van der Waals surface area (Å²) in [5, 5.41) is 9.77. The maximum atomic E-state index is 12.9. The molecule has 0 rings (SSSR count). The zero-order valence-corrected chi connectivity index (χ0v) is 46.0. The summed E-state index contributed by atoms with van der Waals surface area (Å²) in [6.07, 6.45) is 63.5. The average Bonchev–Trinajstić information content (AvgIpc) is 3.37. The Morgan fingerprint density at radius 1 is 0.403 bits per heavy atom. The molecular formula is C60H99O11P.